The lowest BCUT2D eigenvalue weighted by Gasteiger charge is -2.09. The number of benzene rings is 1. The van der Waals surface area contributed by atoms with Crippen LogP contribution in [0.1, 0.15) is 16.0 Å². The quantitative estimate of drug-likeness (QED) is 0.911. The zero-order valence-corrected chi connectivity index (χ0v) is 12.3. The molecule has 0 saturated carbocycles. The van der Waals surface area contributed by atoms with Gasteiger partial charge in [-0.15, -0.1) is 11.3 Å². The van der Waals surface area contributed by atoms with Gasteiger partial charge in [-0.2, -0.15) is 0 Å². The Labute approximate surface area is 116 Å². The number of aliphatic hydroxyl groups excluding tert-OH is 1. The predicted octanol–water partition coefficient (Wildman–Crippen LogP) is 2.66. The van der Waals surface area contributed by atoms with Gasteiger partial charge in [0.25, 0.3) is 10.0 Å². The second-order valence-electron chi connectivity index (χ2n) is 4.30. The van der Waals surface area contributed by atoms with Crippen molar-refractivity contribution >= 4 is 27.0 Å². The molecule has 1 heterocycles. The van der Waals surface area contributed by atoms with E-state index in [-0.39, 0.29) is 11.5 Å². The molecule has 2 rings (SSSR count). The molecule has 0 aliphatic carbocycles. The van der Waals surface area contributed by atoms with Gasteiger partial charge in [0, 0.05) is 5.69 Å². The lowest BCUT2D eigenvalue weighted by Crippen LogP contribution is -2.14. The standard InChI is InChI=1S/C13H15NO3S2/c1-9-3-5-11(6-4-9)14-19(16,17)13-10(2)8-18-12(13)7-15/h3-6,8,14-15H,7H2,1-2H3. The molecule has 0 aliphatic rings. The van der Waals surface area contributed by atoms with Crippen LogP contribution >= 0.6 is 11.3 Å². The third kappa shape index (κ3) is 2.97. The number of rotatable bonds is 4. The molecule has 0 spiro atoms. The predicted molar refractivity (Wildman–Crippen MR) is 77.0 cm³/mol. The summed E-state index contributed by atoms with van der Waals surface area (Å²) in [6.45, 7) is 3.38. The van der Waals surface area contributed by atoms with Crippen LogP contribution in [0.5, 0.6) is 0 Å². The summed E-state index contributed by atoms with van der Waals surface area (Å²) in [6, 6.07) is 7.11. The van der Waals surface area contributed by atoms with E-state index in [1.807, 2.05) is 19.1 Å². The first kappa shape index (κ1) is 14.0. The molecular weight excluding hydrogens is 282 g/mol. The first-order valence-corrected chi connectivity index (χ1v) is 8.07. The lowest BCUT2D eigenvalue weighted by atomic mass is 10.2. The number of thiophene rings is 1. The van der Waals surface area contributed by atoms with Crippen LogP contribution in [0.4, 0.5) is 5.69 Å². The van der Waals surface area contributed by atoms with Crippen LogP contribution in [-0.4, -0.2) is 13.5 Å². The van der Waals surface area contributed by atoms with E-state index in [2.05, 4.69) is 4.72 Å². The maximum atomic E-state index is 12.3. The fraction of sp³-hybridized carbons (Fsp3) is 0.231. The maximum Gasteiger partial charge on any atom is 0.263 e. The van der Waals surface area contributed by atoms with Gasteiger partial charge in [0.15, 0.2) is 0 Å². The van der Waals surface area contributed by atoms with E-state index < -0.39 is 10.0 Å². The van der Waals surface area contributed by atoms with Gasteiger partial charge in [-0.25, -0.2) is 8.42 Å². The average molecular weight is 297 g/mol. The van der Waals surface area contributed by atoms with E-state index >= 15 is 0 Å². The number of sulfonamides is 1. The van der Waals surface area contributed by atoms with Crippen LogP contribution in [-0.2, 0) is 16.6 Å². The van der Waals surface area contributed by atoms with Gasteiger partial charge in [0.05, 0.1) is 11.5 Å². The summed E-state index contributed by atoms with van der Waals surface area (Å²) < 4.78 is 27.2. The van der Waals surface area contributed by atoms with Crippen LogP contribution in [0.3, 0.4) is 0 Å². The molecule has 0 saturated heterocycles. The van der Waals surface area contributed by atoms with Gasteiger partial charge in [-0.1, -0.05) is 17.7 Å². The van der Waals surface area contributed by atoms with Crippen molar-refractivity contribution in [2.24, 2.45) is 0 Å². The Balaban J connectivity index is 2.37. The molecule has 6 heteroatoms. The fourth-order valence-corrected chi connectivity index (χ4v) is 4.51. The van der Waals surface area contributed by atoms with E-state index in [1.54, 1.807) is 24.4 Å². The molecule has 1 aromatic carbocycles. The molecule has 2 aromatic rings. The van der Waals surface area contributed by atoms with Crippen LogP contribution < -0.4 is 4.72 Å². The summed E-state index contributed by atoms with van der Waals surface area (Å²) in [5, 5.41) is 10.9. The molecule has 0 amide bonds. The molecule has 102 valence electrons. The highest BCUT2D eigenvalue weighted by Crippen LogP contribution is 2.28. The lowest BCUT2D eigenvalue weighted by molar-refractivity contribution is 0.282. The Hall–Kier alpha value is -1.37. The first-order valence-electron chi connectivity index (χ1n) is 5.71. The molecule has 1 aromatic heterocycles. The van der Waals surface area contributed by atoms with Crippen molar-refractivity contribution in [1.29, 1.82) is 0 Å². The highest BCUT2D eigenvalue weighted by Gasteiger charge is 2.22. The smallest absolute Gasteiger partial charge is 0.263 e. The molecule has 19 heavy (non-hydrogen) atoms. The Morgan fingerprint density at radius 1 is 1.21 bits per heavy atom. The molecule has 0 bridgehead atoms. The highest BCUT2D eigenvalue weighted by molar-refractivity contribution is 7.93. The normalized spacial score (nSPS) is 11.5. The van der Waals surface area contributed by atoms with E-state index in [4.69, 9.17) is 0 Å². The van der Waals surface area contributed by atoms with Gasteiger partial charge in [-0.3, -0.25) is 4.72 Å². The maximum absolute atomic E-state index is 12.3. The second-order valence-corrected chi connectivity index (χ2v) is 6.88. The highest BCUT2D eigenvalue weighted by atomic mass is 32.2. The summed E-state index contributed by atoms with van der Waals surface area (Å²) in [6.07, 6.45) is 0. The van der Waals surface area contributed by atoms with Crippen molar-refractivity contribution in [3.05, 3.63) is 45.6 Å². The second kappa shape index (κ2) is 5.32. The van der Waals surface area contributed by atoms with Crippen molar-refractivity contribution in [1.82, 2.24) is 0 Å². The molecular formula is C13H15NO3S2. The number of anilines is 1. The zero-order valence-electron chi connectivity index (χ0n) is 10.7. The zero-order chi connectivity index (χ0) is 14.0. The fourth-order valence-electron chi connectivity index (χ4n) is 1.79. The van der Waals surface area contributed by atoms with E-state index in [0.29, 0.717) is 16.1 Å². The van der Waals surface area contributed by atoms with E-state index in [1.165, 1.54) is 11.3 Å². The summed E-state index contributed by atoms with van der Waals surface area (Å²) >= 11 is 1.25. The third-order valence-electron chi connectivity index (χ3n) is 2.71. The van der Waals surface area contributed by atoms with Crippen LogP contribution in [0.15, 0.2) is 34.5 Å². The largest absolute Gasteiger partial charge is 0.391 e. The number of hydrogen-bond donors (Lipinski definition) is 2. The molecule has 0 atom stereocenters. The van der Waals surface area contributed by atoms with Crippen molar-refractivity contribution in [3.8, 4) is 0 Å². The summed E-state index contributed by atoms with van der Waals surface area (Å²) in [5.74, 6) is 0. The SMILES string of the molecule is Cc1ccc(NS(=O)(=O)c2c(C)csc2CO)cc1. The van der Waals surface area contributed by atoms with Gasteiger partial charge in [0.1, 0.15) is 4.90 Å². The number of hydrogen-bond acceptors (Lipinski definition) is 4. The summed E-state index contributed by atoms with van der Waals surface area (Å²) in [5.41, 5.74) is 2.22. The molecule has 2 N–H and O–H groups in total. The van der Waals surface area contributed by atoms with Crippen LogP contribution in [0.25, 0.3) is 0 Å². The Bertz CT molecular complexity index is 672. The van der Waals surface area contributed by atoms with Crippen molar-refractivity contribution in [2.45, 2.75) is 25.3 Å². The number of aliphatic hydroxyl groups is 1. The average Bonchev–Trinajstić information content (AvgIpc) is 2.74. The minimum absolute atomic E-state index is 0.181. The van der Waals surface area contributed by atoms with Gasteiger partial charge >= 0.3 is 0 Å². The molecule has 0 fully saturated rings. The Kier molecular flexibility index (Phi) is 3.93. The van der Waals surface area contributed by atoms with E-state index in [0.717, 1.165) is 5.56 Å². The van der Waals surface area contributed by atoms with Crippen molar-refractivity contribution < 1.29 is 13.5 Å². The van der Waals surface area contributed by atoms with Crippen molar-refractivity contribution in [3.63, 3.8) is 0 Å². The molecule has 4 nitrogen and oxygen atoms in total. The van der Waals surface area contributed by atoms with Crippen LogP contribution in [0, 0.1) is 13.8 Å². The summed E-state index contributed by atoms with van der Waals surface area (Å²) in [4.78, 5) is 0.637. The number of aryl methyl sites for hydroxylation is 2. The topological polar surface area (TPSA) is 66.4 Å². The van der Waals surface area contributed by atoms with E-state index in [9.17, 15) is 13.5 Å². The Morgan fingerprint density at radius 3 is 2.42 bits per heavy atom. The van der Waals surface area contributed by atoms with Gasteiger partial charge in [0.2, 0.25) is 0 Å². The van der Waals surface area contributed by atoms with Gasteiger partial charge < -0.3 is 5.11 Å². The van der Waals surface area contributed by atoms with Crippen molar-refractivity contribution in [2.75, 3.05) is 4.72 Å². The Morgan fingerprint density at radius 2 is 1.84 bits per heavy atom. The molecule has 0 radical (unpaired) electrons. The van der Waals surface area contributed by atoms with Crippen LogP contribution in [0.2, 0.25) is 0 Å². The third-order valence-corrected chi connectivity index (χ3v) is 5.53. The summed E-state index contributed by atoms with van der Waals surface area (Å²) in [7, 11) is -3.66. The van der Waals surface area contributed by atoms with Gasteiger partial charge in [-0.05, 0) is 36.9 Å². The minimum atomic E-state index is -3.66. The molecule has 0 unspecified atom stereocenters. The molecule has 0 aliphatic heterocycles. The monoisotopic (exact) mass is 297 g/mol. The first-order chi connectivity index (χ1) is 8.94. The number of nitrogens with one attached hydrogen (secondary N) is 1. The minimum Gasteiger partial charge on any atom is -0.391 e.